The van der Waals surface area contributed by atoms with Crippen molar-refractivity contribution in [2.24, 2.45) is 5.16 Å². The molecule has 0 radical (unpaired) electrons. The van der Waals surface area contributed by atoms with Gasteiger partial charge in [-0.2, -0.15) is 13.2 Å². The van der Waals surface area contributed by atoms with E-state index in [0.29, 0.717) is 28.0 Å². The van der Waals surface area contributed by atoms with E-state index in [1.54, 1.807) is 36.6 Å². The quantitative estimate of drug-likeness (QED) is 0.255. The fourth-order valence-electron chi connectivity index (χ4n) is 2.53. The summed E-state index contributed by atoms with van der Waals surface area (Å²) in [6.45, 7) is 1.60. The summed E-state index contributed by atoms with van der Waals surface area (Å²) in [5.41, 5.74) is 1.59. The number of rotatable bonds is 7. The molecule has 0 saturated carbocycles. The maximum absolute atomic E-state index is 12.9. The van der Waals surface area contributed by atoms with E-state index >= 15 is 0 Å². The van der Waals surface area contributed by atoms with Crippen LogP contribution in [0.5, 0.6) is 0 Å². The molecule has 0 atom stereocenters. The molecule has 29 heavy (non-hydrogen) atoms. The summed E-state index contributed by atoms with van der Waals surface area (Å²) >= 11 is 1.36. The smallest absolute Gasteiger partial charge is 0.416 e. The third-order valence-electron chi connectivity index (χ3n) is 3.98. The van der Waals surface area contributed by atoms with Gasteiger partial charge in [0.05, 0.1) is 24.0 Å². The molecule has 0 heterocycles. The normalized spacial score (nSPS) is 12.6. The molecule has 0 unspecified atom stereocenters. The second-order valence-electron chi connectivity index (χ2n) is 5.94. The van der Waals surface area contributed by atoms with Crippen molar-refractivity contribution >= 4 is 29.0 Å². The van der Waals surface area contributed by atoms with Crippen LogP contribution in [0.15, 0.2) is 59.1 Å². The second kappa shape index (κ2) is 10.2. The van der Waals surface area contributed by atoms with Gasteiger partial charge >= 0.3 is 12.1 Å². The van der Waals surface area contributed by atoms with Crippen LogP contribution in [0.2, 0.25) is 0 Å². The van der Waals surface area contributed by atoms with Crippen molar-refractivity contribution in [2.45, 2.75) is 19.7 Å². The van der Waals surface area contributed by atoms with Crippen LogP contribution in [-0.2, 0) is 27.2 Å². The first-order valence-corrected chi connectivity index (χ1v) is 9.80. The summed E-state index contributed by atoms with van der Waals surface area (Å²) < 4.78 is 43.4. The SMILES string of the molecule is COC(=O)/C(=C/SC)c1ccccc1CO/N=C(\C)c1cccc(C(F)(F)F)c1. The number of hydrogen-bond donors (Lipinski definition) is 0. The Kier molecular flexibility index (Phi) is 7.90. The monoisotopic (exact) mass is 423 g/mol. The number of hydrogen-bond acceptors (Lipinski definition) is 5. The molecule has 0 N–H and O–H groups in total. The molecule has 8 heteroatoms. The molecule has 2 aromatic carbocycles. The zero-order valence-electron chi connectivity index (χ0n) is 16.1. The van der Waals surface area contributed by atoms with Gasteiger partial charge in [0.1, 0.15) is 6.61 Å². The van der Waals surface area contributed by atoms with E-state index in [2.05, 4.69) is 5.16 Å². The standard InChI is InChI=1S/C21H20F3NO3S/c1-14(15-8-6-9-17(11-15)21(22,23)24)25-28-12-16-7-4-5-10-18(16)19(13-29-3)20(26)27-2/h4-11,13H,12H2,1-3H3/b19-13+,25-14+. The van der Waals surface area contributed by atoms with Gasteiger partial charge < -0.3 is 9.57 Å². The summed E-state index contributed by atoms with van der Waals surface area (Å²) in [6, 6.07) is 12.0. The van der Waals surface area contributed by atoms with Crippen molar-refractivity contribution in [3.05, 3.63) is 76.2 Å². The van der Waals surface area contributed by atoms with E-state index in [1.165, 1.54) is 31.0 Å². The number of carbonyl (C=O) groups is 1. The van der Waals surface area contributed by atoms with Crippen LogP contribution in [-0.4, -0.2) is 25.0 Å². The molecule has 154 valence electrons. The summed E-state index contributed by atoms with van der Waals surface area (Å²) in [5.74, 6) is -0.476. The number of thioether (sulfide) groups is 1. The first-order valence-electron chi connectivity index (χ1n) is 8.51. The van der Waals surface area contributed by atoms with Crippen LogP contribution in [0.3, 0.4) is 0 Å². The minimum absolute atomic E-state index is 0.0369. The van der Waals surface area contributed by atoms with Crippen LogP contribution in [0, 0.1) is 0 Å². The second-order valence-corrected chi connectivity index (χ2v) is 6.65. The lowest BCUT2D eigenvalue weighted by Gasteiger charge is -2.11. The van der Waals surface area contributed by atoms with Gasteiger partial charge in [-0.25, -0.2) is 4.79 Å². The van der Waals surface area contributed by atoms with Gasteiger partial charge in [0.15, 0.2) is 0 Å². The minimum atomic E-state index is -4.43. The summed E-state index contributed by atoms with van der Waals surface area (Å²) in [5, 5.41) is 5.62. The zero-order valence-corrected chi connectivity index (χ0v) is 16.9. The van der Waals surface area contributed by atoms with Crippen molar-refractivity contribution in [3.8, 4) is 0 Å². The number of alkyl halides is 3. The van der Waals surface area contributed by atoms with Gasteiger partial charge in [-0.15, -0.1) is 11.8 Å². The third kappa shape index (κ3) is 6.12. The van der Waals surface area contributed by atoms with Crippen LogP contribution >= 0.6 is 11.8 Å². The average molecular weight is 423 g/mol. The minimum Gasteiger partial charge on any atom is -0.465 e. The van der Waals surface area contributed by atoms with Gasteiger partial charge in [-0.05, 0) is 41.8 Å². The number of esters is 1. The molecule has 0 saturated heterocycles. The largest absolute Gasteiger partial charge is 0.465 e. The number of ether oxygens (including phenoxy) is 1. The van der Waals surface area contributed by atoms with Gasteiger partial charge in [0.2, 0.25) is 0 Å². The number of carbonyl (C=O) groups excluding carboxylic acids is 1. The van der Waals surface area contributed by atoms with E-state index in [-0.39, 0.29) is 6.61 Å². The van der Waals surface area contributed by atoms with Crippen molar-refractivity contribution in [3.63, 3.8) is 0 Å². The van der Waals surface area contributed by atoms with E-state index in [9.17, 15) is 18.0 Å². The van der Waals surface area contributed by atoms with Crippen molar-refractivity contribution in [1.29, 1.82) is 0 Å². The lowest BCUT2D eigenvalue weighted by atomic mass is 10.0. The fourth-order valence-corrected chi connectivity index (χ4v) is 2.99. The molecular weight excluding hydrogens is 403 g/mol. The highest BCUT2D eigenvalue weighted by molar-refractivity contribution is 8.01. The summed E-state index contributed by atoms with van der Waals surface area (Å²) in [7, 11) is 1.30. The maximum Gasteiger partial charge on any atom is 0.416 e. The Labute approximate surface area is 171 Å². The lowest BCUT2D eigenvalue weighted by molar-refractivity contribution is -0.137. The zero-order chi connectivity index (χ0) is 21.4. The Morgan fingerprint density at radius 3 is 2.55 bits per heavy atom. The first kappa shape index (κ1) is 22.5. The summed E-state index contributed by atoms with van der Waals surface area (Å²) in [4.78, 5) is 17.4. The number of benzene rings is 2. The topological polar surface area (TPSA) is 47.9 Å². The Morgan fingerprint density at radius 2 is 1.90 bits per heavy atom. The molecule has 0 spiro atoms. The molecule has 2 aromatic rings. The van der Waals surface area contributed by atoms with Gasteiger partial charge in [-0.1, -0.05) is 41.6 Å². The Bertz CT molecular complexity index is 923. The Balaban J connectivity index is 2.21. The number of methoxy groups -OCH3 is 1. The van der Waals surface area contributed by atoms with Gasteiger partial charge in [0, 0.05) is 5.56 Å². The molecule has 4 nitrogen and oxygen atoms in total. The highest BCUT2D eigenvalue weighted by Gasteiger charge is 2.30. The van der Waals surface area contributed by atoms with Crippen LogP contribution in [0.25, 0.3) is 5.57 Å². The molecular formula is C21H20F3NO3S. The van der Waals surface area contributed by atoms with Crippen molar-refractivity contribution < 1.29 is 27.5 Å². The van der Waals surface area contributed by atoms with E-state index < -0.39 is 17.7 Å². The fraction of sp³-hybridized carbons (Fsp3) is 0.238. The van der Waals surface area contributed by atoms with Crippen LogP contribution < -0.4 is 0 Å². The summed E-state index contributed by atoms with van der Waals surface area (Å²) in [6.07, 6.45) is -2.60. The predicted molar refractivity (Wildman–Crippen MR) is 108 cm³/mol. The Hall–Kier alpha value is -2.74. The number of oxime groups is 1. The predicted octanol–water partition coefficient (Wildman–Crippen LogP) is 5.52. The molecule has 0 fully saturated rings. The van der Waals surface area contributed by atoms with Crippen molar-refractivity contribution in [2.75, 3.05) is 13.4 Å². The molecule has 2 rings (SSSR count). The van der Waals surface area contributed by atoms with E-state index in [0.717, 1.165) is 12.1 Å². The number of nitrogens with zero attached hydrogens (tertiary/aromatic N) is 1. The van der Waals surface area contributed by atoms with Gasteiger partial charge in [0.25, 0.3) is 0 Å². The lowest BCUT2D eigenvalue weighted by Crippen LogP contribution is -2.07. The molecule has 0 aliphatic rings. The van der Waals surface area contributed by atoms with E-state index in [1.807, 2.05) is 6.26 Å². The highest BCUT2D eigenvalue weighted by Crippen LogP contribution is 2.29. The molecule has 0 aliphatic heterocycles. The maximum atomic E-state index is 12.9. The van der Waals surface area contributed by atoms with Gasteiger partial charge in [-0.3, -0.25) is 0 Å². The third-order valence-corrected chi connectivity index (χ3v) is 4.45. The molecule has 0 bridgehead atoms. The van der Waals surface area contributed by atoms with Crippen LogP contribution in [0.1, 0.15) is 29.2 Å². The highest BCUT2D eigenvalue weighted by atomic mass is 32.2. The molecule has 0 amide bonds. The number of halogens is 3. The van der Waals surface area contributed by atoms with Crippen molar-refractivity contribution in [1.82, 2.24) is 0 Å². The van der Waals surface area contributed by atoms with E-state index in [4.69, 9.17) is 9.57 Å². The average Bonchev–Trinajstić information content (AvgIpc) is 2.71. The Morgan fingerprint density at radius 1 is 1.17 bits per heavy atom. The first-order chi connectivity index (χ1) is 13.8. The molecule has 0 aromatic heterocycles. The van der Waals surface area contributed by atoms with Crippen LogP contribution in [0.4, 0.5) is 13.2 Å². The molecule has 0 aliphatic carbocycles.